The van der Waals surface area contributed by atoms with Crippen LogP contribution < -0.4 is 15.1 Å². The Hall–Kier alpha value is -1.22. The van der Waals surface area contributed by atoms with Crippen LogP contribution in [0.1, 0.15) is 33.6 Å². The number of rotatable bonds is 7. The number of likely N-dealkylation sites (N-methyl/N-ethyl adjacent to an activating group) is 1. The van der Waals surface area contributed by atoms with Gasteiger partial charge in [0.15, 0.2) is 0 Å². The lowest BCUT2D eigenvalue weighted by Gasteiger charge is -2.37. The number of hydrogen-bond donors (Lipinski definition) is 1. The van der Waals surface area contributed by atoms with Crippen LogP contribution in [0.3, 0.4) is 0 Å². The van der Waals surface area contributed by atoms with Gasteiger partial charge in [-0.15, -0.1) is 0 Å². The third-order valence-corrected chi connectivity index (χ3v) is 4.39. The second-order valence-electron chi connectivity index (χ2n) is 6.72. The van der Waals surface area contributed by atoms with Crippen molar-refractivity contribution in [2.45, 2.75) is 39.7 Å². The second kappa shape index (κ2) is 7.69. The molecule has 0 spiro atoms. The number of hydrogen-bond acceptors (Lipinski definition) is 3. The fourth-order valence-corrected chi connectivity index (χ4v) is 2.93. The molecule has 1 aliphatic heterocycles. The van der Waals surface area contributed by atoms with E-state index in [0.29, 0.717) is 6.04 Å². The zero-order valence-electron chi connectivity index (χ0n) is 14.1. The van der Waals surface area contributed by atoms with E-state index < -0.39 is 0 Å². The Morgan fingerprint density at radius 2 is 1.76 bits per heavy atom. The van der Waals surface area contributed by atoms with Crippen LogP contribution in [-0.4, -0.2) is 39.3 Å². The highest BCUT2D eigenvalue weighted by molar-refractivity contribution is 5.73. The third kappa shape index (κ3) is 4.63. The first-order valence-corrected chi connectivity index (χ1v) is 8.36. The van der Waals surface area contributed by atoms with Crippen LogP contribution in [0.5, 0.6) is 0 Å². The fourth-order valence-electron chi connectivity index (χ4n) is 2.93. The predicted octanol–water partition coefficient (Wildman–Crippen LogP) is 3.36. The molecule has 118 valence electrons. The molecule has 1 N–H and O–H groups in total. The van der Waals surface area contributed by atoms with Gasteiger partial charge in [-0.1, -0.05) is 26.0 Å². The largest absolute Gasteiger partial charge is 0.371 e. The SMILES string of the molecule is CC(C)CCC(C)NCCN1CCN(C)c2ccccc21. The van der Waals surface area contributed by atoms with Crippen molar-refractivity contribution in [1.82, 2.24) is 5.32 Å². The van der Waals surface area contributed by atoms with Crippen LogP contribution in [0.4, 0.5) is 11.4 Å². The zero-order chi connectivity index (χ0) is 15.2. The molecule has 21 heavy (non-hydrogen) atoms. The quantitative estimate of drug-likeness (QED) is 0.830. The molecular weight excluding hydrogens is 258 g/mol. The molecule has 0 aliphatic carbocycles. The molecule has 1 aromatic carbocycles. The number of nitrogens with zero attached hydrogens (tertiary/aromatic N) is 2. The van der Waals surface area contributed by atoms with Crippen molar-refractivity contribution in [3.05, 3.63) is 24.3 Å². The smallest absolute Gasteiger partial charge is 0.0605 e. The molecule has 0 fully saturated rings. The Kier molecular flexibility index (Phi) is 5.92. The maximum atomic E-state index is 3.67. The minimum absolute atomic E-state index is 0.620. The summed E-state index contributed by atoms with van der Waals surface area (Å²) in [4.78, 5) is 4.86. The molecule has 0 saturated carbocycles. The number of nitrogens with one attached hydrogen (secondary N) is 1. The molecule has 0 bridgehead atoms. The van der Waals surface area contributed by atoms with Gasteiger partial charge in [0.1, 0.15) is 0 Å². The normalized spacial score (nSPS) is 16.2. The molecule has 1 atom stereocenters. The van der Waals surface area contributed by atoms with E-state index in [2.05, 4.69) is 67.2 Å². The van der Waals surface area contributed by atoms with Gasteiger partial charge in [0.25, 0.3) is 0 Å². The average Bonchev–Trinajstić information content (AvgIpc) is 2.48. The van der Waals surface area contributed by atoms with Crippen molar-refractivity contribution in [2.24, 2.45) is 5.92 Å². The lowest BCUT2D eigenvalue weighted by atomic mass is 10.0. The summed E-state index contributed by atoms with van der Waals surface area (Å²) in [7, 11) is 2.18. The van der Waals surface area contributed by atoms with Crippen molar-refractivity contribution in [1.29, 1.82) is 0 Å². The van der Waals surface area contributed by atoms with Crippen LogP contribution in [0.15, 0.2) is 24.3 Å². The summed E-state index contributed by atoms with van der Waals surface area (Å²) in [6, 6.07) is 9.36. The fraction of sp³-hybridized carbons (Fsp3) is 0.667. The molecule has 1 heterocycles. The summed E-state index contributed by atoms with van der Waals surface area (Å²) < 4.78 is 0. The van der Waals surface area contributed by atoms with Crippen LogP contribution >= 0.6 is 0 Å². The van der Waals surface area contributed by atoms with E-state index in [4.69, 9.17) is 0 Å². The summed E-state index contributed by atoms with van der Waals surface area (Å²) in [5, 5.41) is 3.67. The molecule has 0 aromatic heterocycles. The summed E-state index contributed by atoms with van der Waals surface area (Å²) in [5.41, 5.74) is 2.74. The van der Waals surface area contributed by atoms with Crippen LogP contribution in [0, 0.1) is 5.92 Å². The van der Waals surface area contributed by atoms with Gasteiger partial charge in [-0.25, -0.2) is 0 Å². The predicted molar refractivity (Wildman–Crippen MR) is 93.5 cm³/mol. The zero-order valence-corrected chi connectivity index (χ0v) is 14.1. The number of benzene rings is 1. The van der Waals surface area contributed by atoms with Gasteiger partial charge >= 0.3 is 0 Å². The highest BCUT2D eigenvalue weighted by Crippen LogP contribution is 2.31. The Morgan fingerprint density at radius 1 is 1.05 bits per heavy atom. The van der Waals surface area contributed by atoms with Gasteiger partial charge < -0.3 is 15.1 Å². The Bertz CT molecular complexity index is 430. The number of para-hydroxylation sites is 2. The molecule has 0 radical (unpaired) electrons. The van der Waals surface area contributed by atoms with Crippen LogP contribution in [-0.2, 0) is 0 Å². The van der Waals surface area contributed by atoms with E-state index in [9.17, 15) is 0 Å². The Balaban J connectivity index is 1.80. The van der Waals surface area contributed by atoms with Gasteiger partial charge in [0.05, 0.1) is 11.4 Å². The van der Waals surface area contributed by atoms with E-state index >= 15 is 0 Å². The number of anilines is 2. The maximum Gasteiger partial charge on any atom is 0.0605 e. The van der Waals surface area contributed by atoms with Crippen molar-refractivity contribution in [3.63, 3.8) is 0 Å². The minimum Gasteiger partial charge on any atom is -0.371 e. The van der Waals surface area contributed by atoms with E-state index in [1.54, 1.807) is 0 Å². The molecule has 2 rings (SSSR count). The molecule has 3 heteroatoms. The third-order valence-electron chi connectivity index (χ3n) is 4.39. The standard InChI is InChI=1S/C18H31N3/c1-15(2)9-10-16(3)19-11-12-21-14-13-20(4)17-7-5-6-8-18(17)21/h5-8,15-16,19H,9-14H2,1-4H3. The molecule has 3 nitrogen and oxygen atoms in total. The average molecular weight is 289 g/mol. The summed E-state index contributed by atoms with van der Waals surface area (Å²) in [6.45, 7) is 11.3. The van der Waals surface area contributed by atoms with Crippen molar-refractivity contribution in [3.8, 4) is 0 Å². The highest BCUT2D eigenvalue weighted by Gasteiger charge is 2.19. The first-order chi connectivity index (χ1) is 10.1. The van der Waals surface area contributed by atoms with E-state index in [-0.39, 0.29) is 0 Å². The Morgan fingerprint density at radius 3 is 2.48 bits per heavy atom. The summed E-state index contributed by atoms with van der Waals surface area (Å²) in [5.74, 6) is 0.804. The topological polar surface area (TPSA) is 18.5 Å². The number of fused-ring (bicyclic) bond motifs is 1. The van der Waals surface area contributed by atoms with Crippen LogP contribution in [0.25, 0.3) is 0 Å². The van der Waals surface area contributed by atoms with Gasteiger partial charge in [0.2, 0.25) is 0 Å². The van der Waals surface area contributed by atoms with Crippen molar-refractivity contribution < 1.29 is 0 Å². The van der Waals surface area contributed by atoms with Gasteiger partial charge in [-0.05, 0) is 37.8 Å². The molecule has 1 aliphatic rings. The van der Waals surface area contributed by atoms with Gasteiger partial charge in [-0.2, -0.15) is 0 Å². The first kappa shape index (κ1) is 16.2. The molecule has 1 aromatic rings. The summed E-state index contributed by atoms with van der Waals surface area (Å²) in [6.07, 6.45) is 2.59. The maximum absolute atomic E-state index is 3.67. The molecular formula is C18H31N3. The van der Waals surface area contributed by atoms with Crippen molar-refractivity contribution >= 4 is 11.4 Å². The van der Waals surface area contributed by atoms with E-state index in [1.807, 2.05) is 0 Å². The summed E-state index contributed by atoms with van der Waals surface area (Å²) >= 11 is 0. The lowest BCUT2D eigenvalue weighted by molar-refractivity contribution is 0.452. The second-order valence-corrected chi connectivity index (χ2v) is 6.72. The van der Waals surface area contributed by atoms with E-state index in [1.165, 1.54) is 24.2 Å². The highest BCUT2D eigenvalue weighted by atomic mass is 15.3. The minimum atomic E-state index is 0.620. The lowest BCUT2D eigenvalue weighted by Crippen LogP contribution is -2.43. The first-order valence-electron chi connectivity index (χ1n) is 8.36. The van der Waals surface area contributed by atoms with Gasteiger partial charge in [0, 0.05) is 39.3 Å². The Labute approximate surface area is 130 Å². The molecule has 0 amide bonds. The molecule has 0 saturated heterocycles. The van der Waals surface area contributed by atoms with Crippen LogP contribution in [0.2, 0.25) is 0 Å². The monoisotopic (exact) mass is 289 g/mol. The van der Waals surface area contributed by atoms with Crippen molar-refractivity contribution in [2.75, 3.05) is 43.0 Å². The van der Waals surface area contributed by atoms with E-state index in [0.717, 1.165) is 32.1 Å². The molecule has 1 unspecified atom stereocenters. The van der Waals surface area contributed by atoms with Gasteiger partial charge in [-0.3, -0.25) is 0 Å².